The fourth-order valence-corrected chi connectivity index (χ4v) is 2.51. The molecule has 0 radical (unpaired) electrons. The minimum Gasteiger partial charge on any atom is -0.493 e. The highest BCUT2D eigenvalue weighted by molar-refractivity contribution is 5.68. The van der Waals surface area contributed by atoms with E-state index < -0.39 is 5.60 Å². The largest absolute Gasteiger partial charge is 0.493 e. The van der Waals surface area contributed by atoms with E-state index in [2.05, 4.69) is 0 Å². The van der Waals surface area contributed by atoms with Crippen molar-refractivity contribution in [3.63, 3.8) is 0 Å². The Morgan fingerprint density at radius 3 is 2.35 bits per heavy atom. The van der Waals surface area contributed by atoms with Crippen LogP contribution in [-0.4, -0.2) is 41.4 Å². The van der Waals surface area contributed by atoms with Crippen molar-refractivity contribution in [1.82, 2.24) is 4.90 Å². The van der Waals surface area contributed by atoms with Gasteiger partial charge in [-0.05, 0) is 57.2 Å². The van der Waals surface area contributed by atoms with Crippen LogP contribution < -0.4 is 4.74 Å². The highest BCUT2D eigenvalue weighted by Crippen LogP contribution is 2.21. The molecule has 1 aromatic rings. The molecule has 0 aliphatic carbocycles. The molecule has 1 heterocycles. The molecule has 0 atom stereocenters. The van der Waals surface area contributed by atoms with Gasteiger partial charge in [0.15, 0.2) is 0 Å². The van der Waals surface area contributed by atoms with Crippen LogP contribution in [0, 0.1) is 5.92 Å². The second kappa shape index (κ2) is 7.68. The molecule has 0 bridgehead atoms. The van der Waals surface area contributed by atoms with Crippen LogP contribution in [0.4, 0.5) is 4.79 Å². The Morgan fingerprint density at radius 2 is 1.83 bits per heavy atom. The lowest BCUT2D eigenvalue weighted by molar-refractivity contribution is 0.0165. The Hall–Kier alpha value is -1.75. The highest BCUT2D eigenvalue weighted by Gasteiger charge is 2.27. The summed E-state index contributed by atoms with van der Waals surface area (Å²) in [6.45, 7) is 7.78. The molecule has 0 spiro atoms. The zero-order valence-electron chi connectivity index (χ0n) is 14.2. The van der Waals surface area contributed by atoms with E-state index >= 15 is 0 Å². The lowest BCUT2D eigenvalue weighted by atomic mass is 9.98. The van der Waals surface area contributed by atoms with Gasteiger partial charge in [-0.1, -0.05) is 12.1 Å². The monoisotopic (exact) mass is 321 g/mol. The van der Waals surface area contributed by atoms with Crippen LogP contribution in [-0.2, 0) is 11.3 Å². The van der Waals surface area contributed by atoms with E-state index in [1.165, 1.54) is 0 Å². The summed E-state index contributed by atoms with van der Waals surface area (Å²) in [6, 6.07) is 7.48. The third-order valence-corrected chi connectivity index (χ3v) is 3.86. The van der Waals surface area contributed by atoms with Gasteiger partial charge in [0.05, 0.1) is 13.2 Å². The number of hydrogen-bond donors (Lipinski definition) is 1. The molecule has 0 unspecified atom stereocenters. The van der Waals surface area contributed by atoms with E-state index in [1.54, 1.807) is 4.90 Å². The van der Waals surface area contributed by atoms with Crippen LogP contribution in [0.3, 0.4) is 0 Å². The number of piperidine rings is 1. The van der Waals surface area contributed by atoms with Crippen LogP contribution in [0.2, 0.25) is 0 Å². The van der Waals surface area contributed by atoms with Gasteiger partial charge in [-0.15, -0.1) is 0 Å². The molecule has 0 saturated carbocycles. The smallest absolute Gasteiger partial charge is 0.410 e. The summed E-state index contributed by atoms with van der Waals surface area (Å²) in [5.41, 5.74) is 0.431. The Morgan fingerprint density at radius 1 is 1.22 bits per heavy atom. The number of amides is 1. The first-order chi connectivity index (χ1) is 10.9. The summed E-state index contributed by atoms with van der Waals surface area (Å²) in [5, 5.41) is 9.02. The summed E-state index contributed by atoms with van der Waals surface area (Å²) >= 11 is 0. The molecule has 1 aliphatic rings. The van der Waals surface area contributed by atoms with Crippen molar-refractivity contribution in [3.05, 3.63) is 29.8 Å². The number of carbonyl (C=O) groups is 1. The number of nitrogens with zero attached hydrogens (tertiary/aromatic N) is 1. The SMILES string of the molecule is CC(C)(C)OC(=O)N1CCC(COc2ccc(CO)cc2)CC1. The molecule has 1 aliphatic heterocycles. The molecular weight excluding hydrogens is 294 g/mol. The van der Waals surface area contributed by atoms with Gasteiger partial charge >= 0.3 is 6.09 Å². The minimum absolute atomic E-state index is 0.0450. The number of carbonyl (C=O) groups excluding carboxylic acids is 1. The van der Waals surface area contributed by atoms with Gasteiger partial charge in [0, 0.05) is 13.1 Å². The molecule has 1 aromatic carbocycles. The van der Waals surface area contributed by atoms with Gasteiger partial charge in [-0.3, -0.25) is 0 Å². The molecule has 23 heavy (non-hydrogen) atoms. The van der Waals surface area contributed by atoms with Crippen molar-refractivity contribution >= 4 is 6.09 Å². The van der Waals surface area contributed by atoms with E-state index in [9.17, 15) is 4.79 Å². The second-order valence-corrected chi connectivity index (χ2v) is 7.02. The van der Waals surface area contributed by atoms with E-state index in [0.717, 1.165) is 24.2 Å². The number of aliphatic hydroxyl groups excluding tert-OH is 1. The molecule has 1 N–H and O–H groups in total. The Kier molecular flexibility index (Phi) is 5.88. The number of rotatable bonds is 4. The Labute approximate surface area is 138 Å². The first-order valence-corrected chi connectivity index (χ1v) is 8.18. The van der Waals surface area contributed by atoms with Gasteiger partial charge < -0.3 is 19.5 Å². The molecular formula is C18H27NO4. The maximum atomic E-state index is 12.0. The molecule has 5 heteroatoms. The lowest BCUT2D eigenvalue weighted by Gasteiger charge is -2.33. The number of ether oxygens (including phenoxy) is 2. The van der Waals surface area contributed by atoms with Crippen LogP contribution in [0.1, 0.15) is 39.2 Å². The molecule has 1 saturated heterocycles. The number of aliphatic hydroxyl groups is 1. The molecule has 2 rings (SSSR count). The number of likely N-dealkylation sites (tertiary alicyclic amines) is 1. The van der Waals surface area contributed by atoms with Crippen molar-refractivity contribution in [2.24, 2.45) is 5.92 Å². The van der Waals surface area contributed by atoms with Crippen molar-refractivity contribution < 1.29 is 19.4 Å². The fourth-order valence-electron chi connectivity index (χ4n) is 2.51. The quantitative estimate of drug-likeness (QED) is 0.925. The molecule has 1 fully saturated rings. The zero-order chi connectivity index (χ0) is 16.9. The lowest BCUT2D eigenvalue weighted by Crippen LogP contribution is -2.42. The van der Waals surface area contributed by atoms with Crippen molar-refractivity contribution in [2.75, 3.05) is 19.7 Å². The summed E-state index contributed by atoms with van der Waals surface area (Å²) in [5.74, 6) is 1.27. The average Bonchev–Trinajstić information content (AvgIpc) is 2.52. The van der Waals surface area contributed by atoms with E-state index in [1.807, 2.05) is 45.0 Å². The van der Waals surface area contributed by atoms with Crippen molar-refractivity contribution in [2.45, 2.75) is 45.8 Å². The summed E-state index contributed by atoms with van der Waals surface area (Å²) in [6.07, 6.45) is 1.62. The first kappa shape index (κ1) is 17.6. The van der Waals surface area contributed by atoms with Crippen LogP contribution in [0.25, 0.3) is 0 Å². The standard InChI is InChI=1S/C18H27NO4/c1-18(2,3)23-17(21)19-10-8-15(9-11-19)13-22-16-6-4-14(12-20)5-7-16/h4-7,15,20H,8-13H2,1-3H3. The van der Waals surface area contributed by atoms with Crippen LogP contribution >= 0.6 is 0 Å². The molecule has 0 aromatic heterocycles. The Balaban J connectivity index is 1.73. The molecule has 128 valence electrons. The summed E-state index contributed by atoms with van der Waals surface area (Å²) in [4.78, 5) is 13.8. The van der Waals surface area contributed by atoms with Crippen molar-refractivity contribution in [1.29, 1.82) is 0 Å². The normalized spacial score (nSPS) is 16.3. The van der Waals surface area contributed by atoms with E-state index in [0.29, 0.717) is 25.6 Å². The predicted octanol–water partition coefficient (Wildman–Crippen LogP) is 3.20. The van der Waals surface area contributed by atoms with Gasteiger partial charge in [-0.2, -0.15) is 0 Å². The summed E-state index contributed by atoms with van der Waals surface area (Å²) < 4.78 is 11.2. The highest BCUT2D eigenvalue weighted by atomic mass is 16.6. The van der Waals surface area contributed by atoms with E-state index in [-0.39, 0.29) is 12.7 Å². The van der Waals surface area contributed by atoms with Crippen molar-refractivity contribution in [3.8, 4) is 5.75 Å². The van der Waals surface area contributed by atoms with Crippen LogP contribution in [0.5, 0.6) is 5.75 Å². The minimum atomic E-state index is -0.447. The number of hydrogen-bond acceptors (Lipinski definition) is 4. The van der Waals surface area contributed by atoms with Gasteiger partial charge in [0.1, 0.15) is 11.4 Å². The second-order valence-electron chi connectivity index (χ2n) is 7.02. The Bertz CT molecular complexity index is 499. The summed E-state index contributed by atoms with van der Waals surface area (Å²) in [7, 11) is 0. The van der Waals surface area contributed by atoms with Crippen LogP contribution in [0.15, 0.2) is 24.3 Å². The van der Waals surface area contributed by atoms with E-state index in [4.69, 9.17) is 14.6 Å². The van der Waals surface area contributed by atoms with Gasteiger partial charge in [-0.25, -0.2) is 4.79 Å². The van der Waals surface area contributed by atoms with Gasteiger partial charge in [0.2, 0.25) is 0 Å². The predicted molar refractivity (Wildman–Crippen MR) is 88.4 cm³/mol. The maximum Gasteiger partial charge on any atom is 0.410 e. The third-order valence-electron chi connectivity index (χ3n) is 3.86. The van der Waals surface area contributed by atoms with Gasteiger partial charge in [0.25, 0.3) is 0 Å². The average molecular weight is 321 g/mol. The molecule has 1 amide bonds. The first-order valence-electron chi connectivity index (χ1n) is 8.18. The third kappa shape index (κ3) is 5.75. The fraction of sp³-hybridized carbons (Fsp3) is 0.611. The molecule has 5 nitrogen and oxygen atoms in total. The number of benzene rings is 1. The maximum absolute atomic E-state index is 12.0. The zero-order valence-corrected chi connectivity index (χ0v) is 14.2. The topological polar surface area (TPSA) is 59.0 Å².